The average molecular weight is 890 g/mol. The van der Waals surface area contributed by atoms with Crippen LogP contribution >= 0.6 is 0 Å². The topological polar surface area (TPSA) is 3.24 Å². The summed E-state index contributed by atoms with van der Waals surface area (Å²) in [5.74, 6) is 0. The van der Waals surface area contributed by atoms with Crippen molar-refractivity contribution in [1.82, 2.24) is 0 Å². The summed E-state index contributed by atoms with van der Waals surface area (Å²) >= 11 is 0. The maximum Gasteiger partial charge on any atom is 0.0549 e. The lowest BCUT2D eigenvalue weighted by atomic mass is 9.77. The highest BCUT2D eigenvalue weighted by molar-refractivity contribution is 6.01. The van der Waals surface area contributed by atoms with Crippen LogP contribution in [0.25, 0.3) is 55.6 Å². The van der Waals surface area contributed by atoms with Crippen LogP contribution in [0.1, 0.15) is 130 Å². The highest BCUT2D eigenvalue weighted by atomic mass is 15.1. The molecule has 1 aliphatic rings. The quantitative estimate of drug-likeness (QED) is 0.154. The van der Waals surface area contributed by atoms with E-state index >= 15 is 0 Å². The van der Waals surface area contributed by atoms with Crippen LogP contribution in [-0.2, 0) is 27.1 Å². The van der Waals surface area contributed by atoms with E-state index in [9.17, 15) is 0 Å². The molecule has 9 rings (SSSR count). The summed E-state index contributed by atoms with van der Waals surface area (Å²) in [5, 5.41) is 0. The molecule has 1 heteroatoms. The van der Waals surface area contributed by atoms with E-state index in [1.54, 1.807) is 0 Å². The van der Waals surface area contributed by atoms with Gasteiger partial charge in [0.05, 0.1) is 11.4 Å². The average Bonchev–Trinajstić information content (AvgIpc) is 3.53. The monoisotopic (exact) mass is 890 g/mol. The van der Waals surface area contributed by atoms with Crippen LogP contribution in [0.2, 0.25) is 0 Å². The van der Waals surface area contributed by atoms with Crippen LogP contribution in [0.4, 0.5) is 17.1 Å². The molecule has 1 aliphatic carbocycles. The molecule has 0 radical (unpaired) electrons. The molecular formula is C67H71N. The highest BCUT2D eigenvalue weighted by Crippen LogP contribution is 2.54. The van der Waals surface area contributed by atoms with Crippen molar-refractivity contribution in [3.63, 3.8) is 0 Å². The van der Waals surface area contributed by atoms with E-state index in [1.165, 1.54) is 89.0 Å². The first-order chi connectivity index (χ1) is 32.0. The maximum atomic E-state index is 2.58. The Balaban J connectivity index is 1.41. The zero-order valence-corrected chi connectivity index (χ0v) is 43.2. The summed E-state index contributed by atoms with van der Waals surface area (Å²) in [5.41, 5.74) is 23.4. The van der Waals surface area contributed by atoms with Gasteiger partial charge in [0.2, 0.25) is 0 Å². The van der Waals surface area contributed by atoms with E-state index in [0.29, 0.717) is 0 Å². The first kappa shape index (κ1) is 46.7. The number of hydrogen-bond acceptors (Lipinski definition) is 1. The van der Waals surface area contributed by atoms with Crippen LogP contribution in [0.3, 0.4) is 0 Å². The minimum atomic E-state index is -0.172. The summed E-state index contributed by atoms with van der Waals surface area (Å²) in [6, 6.07) is 67.0. The third-order valence-electron chi connectivity index (χ3n) is 14.5. The molecule has 1 nitrogen and oxygen atoms in total. The fourth-order valence-corrected chi connectivity index (χ4v) is 10.2. The van der Waals surface area contributed by atoms with Crippen molar-refractivity contribution in [3.05, 3.63) is 209 Å². The van der Waals surface area contributed by atoms with Gasteiger partial charge < -0.3 is 4.90 Å². The van der Waals surface area contributed by atoms with E-state index in [2.05, 4.69) is 278 Å². The van der Waals surface area contributed by atoms with Crippen molar-refractivity contribution in [2.75, 3.05) is 4.90 Å². The molecule has 0 amide bonds. The van der Waals surface area contributed by atoms with Crippen molar-refractivity contribution >= 4 is 17.1 Å². The molecule has 344 valence electrons. The smallest absolute Gasteiger partial charge is 0.0549 e. The SMILES string of the molecule is CC(C)(C)c1cc(-c2cc(C(C)(C)C)cc(C(C)(C)C)c2)cc(-c2cc(C(C)(C)C)cc(N(c3ccc4c(c3)C(C)(C)c3ccccc3-4)c3ccccc3-c3ccccc3)c2-c2ccccc2)c1. The highest BCUT2D eigenvalue weighted by Gasteiger charge is 2.37. The van der Waals surface area contributed by atoms with Gasteiger partial charge in [-0.2, -0.15) is 0 Å². The minimum Gasteiger partial charge on any atom is -0.309 e. The van der Waals surface area contributed by atoms with Gasteiger partial charge in [-0.15, -0.1) is 0 Å². The largest absolute Gasteiger partial charge is 0.309 e. The van der Waals surface area contributed by atoms with Gasteiger partial charge in [0, 0.05) is 22.2 Å². The van der Waals surface area contributed by atoms with Crippen LogP contribution in [0.15, 0.2) is 176 Å². The standard InChI is InChI=1S/C67H71N/c1-63(2,3)49-36-46(47-37-50(64(4,5)6)40-51(38-47)65(7,8)9)35-48(39-49)57-41-52(66(10,11)12)42-61(62(57)45-27-19-16-20-28-45)68(60-32-24-22-29-54(60)44-25-17-15-18-26-44)53-33-34-56-55-30-21-23-31-58(55)67(13,14)59(56)43-53/h15-43H,1-14H3. The Morgan fingerprint density at radius 1 is 0.309 bits per heavy atom. The number of rotatable bonds is 7. The summed E-state index contributed by atoms with van der Waals surface area (Å²) in [7, 11) is 0. The molecule has 0 aromatic heterocycles. The van der Waals surface area contributed by atoms with E-state index in [0.717, 1.165) is 17.1 Å². The molecule has 0 atom stereocenters. The molecule has 0 bridgehead atoms. The maximum absolute atomic E-state index is 2.58. The Kier molecular flexibility index (Phi) is 11.6. The minimum absolute atomic E-state index is 0.00798. The molecule has 8 aromatic rings. The second kappa shape index (κ2) is 17.0. The molecule has 0 saturated carbocycles. The van der Waals surface area contributed by atoms with Crippen LogP contribution < -0.4 is 4.90 Å². The van der Waals surface area contributed by atoms with Crippen LogP contribution in [-0.4, -0.2) is 0 Å². The first-order valence-electron chi connectivity index (χ1n) is 24.8. The molecule has 0 N–H and O–H groups in total. The van der Waals surface area contributed by atoms with Gasteiger partial charge in [0.25, 0.3) is 0 Å². The predicted molar refractivity (Wildman–Crippen MR) is 295 cm³/mol. The Morgan fingerprint density at radius 2 is 0.765 bits per heavy atom. The lowest BCUT2D eigenvalue weighted by molar-refractivity contribution is 0.569. The molecule has 8 aromatic carbocycles. The van der Waals surface area contributed by atoms with Gasteiger partial charge in [-0.3, -0.25) is 0 Å². The molecule has 0 unspecified atom stereocenters. The van der Waals surface area contributed by atoms with Gasteiger partial charge in [0.1, 0.15) is 0 Å². The van der Waals surface area contributed by atoms with Gasteiger partial charge in [-0.05, 0) is 136 Å². The Labute approximate surface area is 409 Å². The van der Waals surface area contributed by atoms with E-state index in [4.69, 9.17) is 0 Å². The molecule has 0 spiro atoms. The number of hydrogen-bond donors (Lipinski definition) is 0. The summed E-state index contributed by atoms with van der Waals surface area (Å²) in [6.07, 6.45) is 0. The second-order valence-electron chi connectivity index (χ2n) is 24.0. The fourth-order valence-electron chi connectivity index (χ4n) is 10.2. The van der Waals surface area contributed by atoms with Crippen molar-refractivity contribution in [2.24, 2.45) is 0 Å². The lowest BCUT2D eigenvalue weighted by Gasteiger charge is -2.34. The predicted octanol–water partition coefficient (Wildman–Crippen LogP) is 19.3. The van der Waals surface area contributed by atoms with Gasteiger partial charge in [0.15, 0.2) is 0 Å². The van der Waals surface area contributed by atoms with Crippen molar-refractivity contribution in [3.8, 4) is 55.6 Å². The molecule has 0 fully saturated rings. The number of anilines is 3. The van der Waals surface area contributed by atoms with Crippen molar-refractivity contribution < 1.29 is 0 Å². The summed E-state index contributed by atoms with van der Waals surface area (Å²) < 4.78 is 0. The molecular weight excluding hydrogens is 819 g/mol. The van der Waals surface area contributed by atoms with E-state index < -0.39 is 0 Å². The van der Waals surface area contributed by atoms with Crippen LogP contribution in [0.5, 0.6) is 0 Å². The van der Waals surface area contributed by atoms with E-state index in [-0.39, 0.29) is 27.1 Å². The third-order valence-corrected chi connectivity index (χ3v) is 14.5. The fraction of sp³-hybridized carbons (Fsp3) is 0.284. The van der Waals surface area contributed by atoms with Crippen LogP contribution in [0, 0.1) is 0 Å². The molecule has 0 heterocycles. The number of nitrogens with zero attached hydrogens (tertiary/aromatic N) is 1. The molecule has 0 saturated heterocycles. The Morgan fingerprint density at radius 3 is 1.35 bits per heavy atom. The number of fused-ring (bicyclic) bond motifs is 3. The van der Waals surface area contributed by atoms with Gasteiger partial charge >= 0.3 is 0 Å². The zero-order valence-electron chi connectivity index (χ0n) is 43.2. The van der Waals surface area contributed by atoms with Crippen molar-refractivity contribution in [2.45, 2.75) is 124 Å². The summed E-state index contributed by atoms with van der Waals surface area (Å²) in [4.78, 5) is 2.58. The van der Waals surface area contributed by atoms with E-state index in [1.807, 2.05) is 0 Å². The first-order valence-corrected chi connectivity index (χ1v) is 24.8. The number of para-hydroxylation sites is 1. The Bertz CT molecular complexity index is 3120. The zero-order chi connectivity index (χ0) is 48.6. The van der Waals surface area contributed by atoms with Gasteiger partial charge in [-0.1, -0.05) is 236 Å². The number of benzene rings is 8. The summed E-state index contributed by atoms with van der Waals surface area (Å²) in [6.45, 7) is 32.9. The lowest BCUT2D eigenvalue weighted by Crippen LogP contribution is -2.19. The molecule has 68 heavy (non-hydrogen) atoms. The van der Waals surface area contributed by atoms with Crippen molar-refractivity contribution in [1.29, 1.82) is 0 Å². The van der Waals surface area contributed by atoms with Gasteiger partial charge in [-0.25, -0.2) is 0 Å². The third kappa shape index (κ3) is 8.78. The Hall–Kier alpha value is -6.44. The second-order valence-corrected chi connectivity index (χ2v) is 24.0. The molecule has 0 aliphatic heterocycles. The normalized spacial score (nSPS) is 13.6.